The first-order valence-electron chi connectivity index (χ1n) is 7.10. The minimum Gasteiger partial charge on any atom is -0.372 e. The summed E-state index contributed by atoms with van der Waals surface area (Å²) in [5.41, 5.74) is 2.57. The van der Waals surface area contributed by atoms with Crippen LogP contribution in [-0.4, -0.2) is 29.7 Å². The van der Waals surface area contributed by atoms with Gasteiger partial charge >= 0.3 is 0 Å². The average Bonchev–Trinajstić information content (AvgIpc) is 2.53. The van der Waals surface area contributed by atoms with Crippen molar-refractivity contribution in [1.29, 1.82) is 0 Å². The number of nitrogens with zero attached hydrogens (tertiary/aromatic N) is 3. The number of amides is 1. The number of fused-ring (bicyclic) bond motifs is 1. The molecule has 1 atom stereocenters. The molecular weight excluding hydrogens is 264 g/mol. The highest BCUT2D eigenvalue weighted by molar-refractivity contribution is 6.05. The van der Waals surface area contributed by atoms with E-state index in [1.165, 1.54) is 5.56 Å². The van der Waals surface area contributed by atoms with E-state index in [0.29, 0.717) is 24.0 Å². The number of aromatic nitrogens is 2. The number of para-hydroxylation sites is 1. The Morgan fingerprint density at radius 1 is 1.24 bits per heavy atom. The lowest BCUT2D eigenvalue weighted by Gasteiger charge is -2.32. The largest absolute Gasteiger partial charge is 0.372 e. The molecule has 0 bridgehead atoms. The number of hydrogen-bond acceptors (Lipinski definition) is 4. The highest BCUT2D eigenvalue weighted by Crippen LogP contribution is 2.30. The number of anilines is 2. The third-order valence-corrected chi connectivity index (χ3v) is 3.73. The number of hydrogen-bond donors (Lipinski definition) is 1. The van der Waals surface area contributed by atoms with Crippen LogP contribution in [0.4, 0.5) is 11.5 Å². The topological polar surface area (TPSA) is 58.1 Å². The van der Waals surface area contributed by atoms with Gasteiger partial charge in [-0.15, -0.1) is 10.2 Å². The number of carbonyl (C=O) groups excluding carboxylic acids is 1. The molecule has 3 rings (SSSR count). The number of carbonyl (C=O) groups is 1. The maximum absolute atomic E-state index is 12.7. The second-order valence-electron chi connectivity index (χ2n) is 5.41. The van der Waals surface area contributed by atoms with Crippen molar-refractivity contribution in [2.75, 3.05) is 23.8 Å². The molecule has 5 nitrogen and oxygen atoms in total. The first-order chi connectivity index (χ1) is 10.2. The van der Waals surface area contributed by atoms with Crippen molar-refractivity contribution in [2.24, 2.45) is 5.92 Å². The van der Waals surface area contributed by atoms with Crippen LogP contribution in [0, 0.1) is 5.92 Å². The van der Waals surface area contributed by atoms with Gasteiger partial charge in [-0.1, -0.05) is 25.1 Å². The van der Waals surface area contributed by atoms with E-state index in [2.05, 4.69) is 28.5 Å². The first-order valence-corrected chi connectivity index (χ1v) is 7.10. The first kappa shape index (κ1) is 13.5. The van der Waals surface area contributed by atoms with E-state index in [1.54, 1.807) is 19.2 Å². The zero-order valence-electron chi connectivity index (χ0n) is 12.2. The summed E-state index contributed by atoms with van der Waals surface area (Å²) in [5, 5.41) is 10.9. The van der Waals surface area contributed by atoms with E-state index >= 15 is 0 Å². The minimum atomic E-state index is -0.0934. The fourth-order valence-electron chi connectivity index (χ4n) is 2.71. The molecule has 0 saturated carbocycles. The summed E-state index contributed by atoms with van der Waals surface area (Å²) >= 11 is 0. The Morgan fingerprint density at radius 2 is 2.05 bits per heavy atom. The Kier molecular flexibility index (Phi) is 3.56. The van der Waals surface area contributed by atoms with E-state index in [-0.39, 0.29) is 5.91 Å². The van der Waals surface area contributed by atoms with Crippen molar-refractivity contribution in [1.82, 2.24) is 10.2 Å². The molecule has 1 amide bonds. The van der Waals surface area contributed by atoms with Crippen LogP contribution in [0.5, 0.6) is 0 Å². The zero-order valence-corrected chi connectivity index (χ0v) is 12.2. The molecule has 0 saturated heterocycles. The summed E-state index contributed by atoms with van der Waals surface area (Å²) in [6, 6.07) is 11.5. The van der Waals surface area contributed by atoms with Crippen molar-refractivity contribution in [3.05, 3.63) is 47.7 Å². The molecule has 0 radical (unpaired) electrons. The molecule has 2 heterocycles. The number of nitrogens with one attached hydrogen (secondary N) is 1. The average molecular weight is 282 g/mol. The quantitative estimate of drug-likeness (QED) is 0.918. The van der Waals surface area contributed by atoms with Gasteiger partial charge in [0.05, 0.1) is 0 Å². The molecule has 1 aliphatic heterocycles. The Labute approximate surface area is 124 Å². The monoisotopic (exact) mass is 282 g/mol. The Morgan fingerprint density at radius 3 is 2.76 bits per heavy atom. The van der Waals surface area contributed by atoms with Crippen molar-refractivity contribution < 1.29 is 4.79 Å². The Bertz CT molecular complexity index is 654. The Balaban J connectivity index is 1.93. The Hall–Kier alpha value is -2.43. The summed E-state index contributed by atoms with van der Waals surface area (Å²) in [6.07, 6.45) is 1.00. The molecule has 0 spiro atoms. The van der Waals surface area contributed by atoms with Gasteiger partial charge in [0, 0.05) is 19.3 Å². The number of benzene rings is 1. The molecule has 1 N–H and O–H groups in total. The van der Waals surface area contributed by atoms with Crippen LogP contribution < -0.4 is 10.2 Å². The third-order valence-electron chi connectivity index (χ3n) is 3.73. The van der Waals surface area contributed by atoms with Crippen molar-refractivity contribution in [3.8, 4) is 0 Å². The van der Waals surface area contributed by atoms with Crippen molar-refractivity contribution >= 4 is 17.4 Å². The fourth-order valence-corrected chi connectivity index (χ4v) is 2.71. The van der Waals surface area contributed by atoms with Gasteiger partial charge in [-0.3, -0.25) is 4.79 Å². The summed E-state index contributed by atoms with van der Waals surface area (Å²) in [5.74, 6) is 0.997. The number of rotatable bonds is 2. The summed E-state index contributed by atoms with van der Waals surface area (Å²) in [6.45, 7) is 2.87. The van der Waals surface area contributed by atoms with Crippen LogP contribution in [0.15, 0.2) is 36.4 Å². The summed E-state index contributed by atoms with van der Waals surface area (Å²) in [7, 11) is 1.77. The molecule has 0 aliphatic carbocycles. The van der Waals surface area contributed by atoms with Gasteiger partial charge in [-0.25, -0.2) is 0 Å². The molecule has 21 heavy (non-hydrogen) atoms. The minimum absolute atomic E-state index is 0.0934. The SMILES string of the molecule is CNc1ccc(C(=O)N2CC(C)Cc3ccccc32)nn1. The van der Waals surface area contributed by atoms with E-state index < -0.39 is 0 Å². The molecule has 0 fully saturated rings. The van der Waals surface area contributed by atoms with Gasteiger partial charge in [0.15, 0.2) is 5.69 Å². The van der Waals surface area contributed by atoms with Crippen molar-refractivity contribution in [2.45, 2.75) is 13.3 Å². The van der Waals surface area contributed by atoms with Gasteiger partial charge in [0.25, 0.3) is 5.91 Å². The van der Waals surface area contributed by atoms with Gasteiger partial charge in [0.1, 0.15) is 5.82 Å². The van der Waals surface area contributed by atoms with Gasteiger partial charge in [-0.05, 0) is 36.1 Å². The van der Waals surface area contributed by atoms with Gasteiger partial charge < -0.3 is 10.2 Å². The fraction of sp³-hybridized carbons (Fsp3) is 0.312. The lowest BCUT2D eigenvalue weighted by molar-refractivity contribution is 0.0975. The predicted molar refractivity (Wildman–Crippen MR) is 82.6 cm³/mol. The molecule has 1 aromatic carbocycles. The van der Waals surface area contributed by atoms with E-state index in [1.807, 2.05) is 23.1 Å². The molecule has 108 valence electrons. The standard InChI is InChI=1S/C16H18N4O/c1-11-9-12-5-3-4-6-14(12)20(10-11)16(21)13-7-8-15(17-2)19-18-13/h3-8,11H,9-10H2,1-2H3,(H,17,19). The molecule has 2 aromatic rings. The van der Waals surface area contributed by atoms with Crippen LogP contribution in [0.2, 0.25) is 0 Å². The second kappa shape index (κ2) is 5.52. The van der Waals surface area contributed by atoms with Crippen LogP contribution in [0.3, 0.4) is 0 Å². The normalized spacial score (nSPS) is 17.2. The lowest BCUT2D eigenvalue weighted by Crippen LogP contribution is -2.39. The zero-order chi connectivity index (χ0) is 14.8. The highest BCUT2D eigenvalue weighted by atomic mass is 16.2. The highest BCUT2D eigenvalue weighted by Gasteiger charge is 2.27. The third kappa shape index (κ3) is 2.59. The molecule has 5 heteroatoms. The molecule has 1 aromatic heterocycles. The van der Waals surface area contributed by atoms with Crippen LogP contribution >= 0.6 is 0 Å². The van der Waals surface area contributed by atoms with E-state index in [0.717, 1.165) is 12.1 Å². The van der Waals surface area contributed by atoms with Crippen molar-refractivity contribution in [3.63, 3.8) is 0 Å². The van der Waals surface area contributed by atoms with Gasteiger partial charge in [-0.2, -0.15) is 0 Å². The van der Waals surface area contributed by atoms with Crippen LogP contribution in [-0.2, 0) is 6.42 Å². The smallest absolute Gasteiger partial charge is 0.278 e. The lowest BCUT2D eigenvalue weighted by atomic mass is 9.93. The maximum atomic E-state index is 12.7. The van der Waals surface area contributed by atoms with E-state index in [9.17, 15) is 4.79 Å². The van der Waals surface area contributed by atoms with Gasteiger partial charge in [0.2, 0.25) is 0 Å². The maximum Gasteiger partial charge on any atom is 0.278 e. The summed E-state index contributed by atoms with van der Waals surface area (Å²) in [4.78, 5) is 14.5. The second-order valence-corrected chi connectivity index (χ2v) is 5.41. The molecular formula is C16H18N4O. The molecule has 1 unspecified atom stereocenters. The predicted octanol–water partition coefficient (Wildman–Crippen LogP) is 2.36. The summed E-state index contributed by atoms with van der Waals surface area (Å²) < 4.78 is 0. The van der Waals surface area contributed by atoms with E-state index in [4.69, 9.17) is 0 Å². The molecule has 1 aliphatic rings. The van der Waals surface area contributed by atoms with Crippen LogP contribution in [0.1, 0.15) is 23.0 Å². The van der Waals surface area contributed by atoms with Crippen LogP contribution in [0.25, 0.3) is 0 Å².